The fourth-order valence-electron chi connectivity index (χ4n) is 4.37. The van der Waals surface area contributed by atoms with Crippen LogP contribution in [0.2, 0.25) is 0 Å². The number of nitriles is 1. The van der Waals surface area contributed by atoms with Crippen LogP contribution < -0.4 is 10.9 Å². The van der Waals surface area contributed by atoms with Gasteiger partial charge < -0.3 is 10.1 Å². The summed E-state index contributed by atoms with van der Waals surface area (Å²) in [7, 11) is 0. The van der Waals surface area contributed by atoms with Gasteiger partial charge in [-0.3, -0.25) is 14.2 Å². The van der Waals surface area contributed by atoms with Crippen LogP contribution in [0.25, 0.3) is 10.2 Å². The molecule has 0 saturated carbocycles. The van der Waals surface area contributed by atoms with Crippen molar-refractivity contribution in [1.82, 2.24) is 9.55 Å². The first-order valence-electron chi connectivity index (χ1n) is 11.5. The van der Waals surface area contributed by atoms with E-state index in [-0.39, 0.29) is 13.2 Å². The average Bonchev–Trinajstić information content (AvgIpc) is 3.54. The first-order chi connectivity index (χ1) is 17.5. The number of anilines is 1. The monoisotopic (exact) mass is 518 g/mol. The molecule has 3 aromatic heterocycles. The van der Waals surface area contributed by atoms with Crippen LogP contribution in [-0.4, -0.2) is 28.0 Å². The highest BCUT2D eigenvalue weighted by Crippen LogP contribution is 2.38. The van der Waals surface area contributed by atoms with Gasteiger partial charge in [0.05, 0.1) is 23.9 Å². The van der Waals surface area contributed by atoms with E-state index >= 15 is 0 Å². The third kappa shape index (κ3) is 4.55. The van der Waals surface area contributed by atoms with E-state index in [2.05, 4.69) is 16.4 Å². The molecule has 182 valence electrons. The van der Waals surface area contributed by atoms with E-state index in [1.807, 2.05) is 30.3 Å². The number of carbonyl (C=O) groups excluding carboxylic acids is 2. The largest absolute Gasteiger partial charge is 0.461 e. The summed E-state index contributed by atoms with van der Waals surface area (Å²) in [6.07, 6.45) is 4.69. The molecule has 36 heavy (non-hydrogen) atoms. The molecule has 0 bridgehead atoms. The number of aryl methyl sites for hydroxylation is 2. The second-order valence-corrected chi connectivity index (χ2v) is 10.6. The lowest BCUT2D eigenvalue weighted by atomic mass is 10.1. The van der Waals surface area contributed by atoms with Crippen molar-refractivity contribution in [2.75, 3.05) is 11.9 Å². The lowest BCUT2D eigenvalue weighted by molar-refractivity contribution is -0.116. The van der Waals surface area contributed by atoms with Crippen LogP contribution in [0.3, 0.4) is 0 Å². The first-order valence-corrected chi connectivity index (χ1v) is 13.1. The smallest absolute Gasteiger partial charge is 0.348 e. The van der Waals surface area contributed by atoms with E-state index in [1.54, 1.807) is 6.92 Å². The Balaban J connectivity index is 1.30. The van der Waals surface area contributed by atoms with Crippen LogP contribution in [0.4, 0.5) is 5.00 Å². The zero-order valence-corrected chi connectivity index (χ0v) is 21.1. The Morgan fingerprint density at radius 3 is 2.81 bits per heavy atom. The topological polar surface area (TPSA) is 114 Å². The zero-order valence-electron chi connectivity index (χ0n) is 19.5. The molecule has 1 aliphatic carbocycles. The number of nitrogens with zero attached hydrogens (tertiary/aromatic N) is 3. The number of benzene rings is 1. The third-order valence-corrected chi connectivity index (χ3v) is 8.56. The van der Waals surface area contributed by atoms with Gasteiger partial charge in [-0.05, 0) is 42.9 Å². The number of thiophene rings is 2. The summed E-state index contributed by atoms with van der Waals surface area (Å²) in [5.41, 5.74) is 2.70. The average molecular weight is 519 g/mol. The van der Waals surface area contributed by atoms with Crippen molar-refractivity contribution >= 4 is 49.8 Å². The van der Waals surface area contributed by atoms with Crippen molar-refractivity contribution < 1.29 is 14.3 Å². The molecule has 8 nitrogen and oxygen atoms in total. The summed E-state index contributed by atoms with van der Waals surface area (Å²) in [5.74, 6) is -0.909. The molecule has 0 saturated heterocycles. The van der Waals surface area contributed by atoms with E-state index in [0.717, 1.165) is 46.6 Å². The normalized spacial score (nSPS) is 12.3. The fraction of sp³-hybridized carbons (Fsp3) is 0.269. The van der Waals surface area contributed by atoms with Gasteiger partial charge in [-0.1, -0.05) is 30.3 Å². The number of carbonyl (C=O) groups is 2. The van der Waals surface area contributed by atoms with Crippen LogP contribution in [0, 0.1) is 18.3 Å². The number of ether oxygens (including phenoxy) is 1. The second kappa shape index (κ2) is 10.0. The molecule has 0 radical (unpaired) electrons. The van der Waals surface area contributed by atoms with Crippen molar-refractivity contribution in [2.45, 2.75) is 39.2 Å². The summed E-state index contributed by atoms with van der Waals surface area (Å²) in [4.78, 5) is 44.8. The lowest BCUT2D eigenvalue weighted by Crippen LogP contribution is -2.27. The molecule has 1 N–H and O–H groups in total. The van der Waals surface area contributed by atoms with Gasteiger partial charge in [0.15, 0.2) is 0 Å². The molecule has 4 aromatic rings. The summed E-state index contributed by atoms with van der Waals surface area (Å²) in [6, 6.07) is 11.9. The van der Waals surface area contributed by atoms with E-state index in [9.17, 15) is 19.6 Å². The Labute approximate surface area is 214 Å². The number of nitrogens with one attached hydrogen (secondary N) is 1. The molecule has 10 heteroatoms. The second-order valence-electron chi connectivity index (χ2n) is 8.51. The van der Waals surface area contributed by atoms with Gasteiger partial charge in [-0.2, -0.15) is 5.26 Å². The number of hydrogen-bond acceptors (Lipinski definition) is 8. The van der Waals surface area contributed by atoms with Gasteiger partial charge in [-0.25, -0.2) is 9.78 Å². The number of hydrogen-bond donors (Lipinski definition) is 1. The molecular weight excluding hydrogens is 496 g/mol. The van der Waals surface area contributed by atoms with E-state index in [4.69, 9.17) is 4.74 Å². The standard InChI is InChI=1S/C26H22N4O4S2/c1-15-21-24(36-22(15)26(33)34-11-10-16-6-3-2-4-7-16)28-14-30(25(21)32)13-20(31)29-23-18(12-27)17-8-5-9-19(17)35-23/h2-4,6-7,14H,5,8-11,13H2,1H3,(H,29,31). The minimum atomic E-state index is -0.495. The molecule has 5 rings (SSSR count). The highest BCUT2D eigenvalue weighted by molar-refractivity contribution is 7.20. The van der Waals surface area contributed by atoms with Gasteiger partial charge in [0, 0.05) is 11.3 Å². The molecule has 3 heterocycles. The number of aromatic nitrogens is 2. The predicted molar refractivity (Wildman–Crippen MR) is 139 cm³/mol. The van der Waals surface area contributed by atoms with Crippen LogP contribution >= 0.6 is 22.7 Å². The summed E-state index contributed by atoms with van der Waals surface area (Å²) < 4.78 is 6.65. The SMILES string of the molecule is Cc1c(C(=O)OCCc2ccccc2)sc2ncn(CC(=O)Nc3sc4c(c3C#N)CCC4)c(=O)c12. The molecule has 1 amide bonds. The number of rotatable bonds is 7. The predicted octanol–water partition coefficient (Wildman–Crippen LogP) is 4.23. The maximum Gasteiger partial charge on any atom is 0.348 e. The van der Waals surface area contributed by atoms with Crippen LogP contribution in [-0.2, 0) is 35.3 Å². The molecular formula is C26H22N4O4S2. The van der Waals surface area contributed by atoms with Gasteiger partial charge in [0.25, 0.3) is 5.56 Å². The van der Waals surface area contributed by atoms with Crippen LogP contribution in [0.1, 0.15) is 43.2 Å². The van der Waals surface area contributed by atoms with Gasteiger partial charge in [-0.15, -0.1) is 22.7 Å². The number of esters is 1. The maximum absolute atomic E-state index is 13.2. The maximum atomic E-state index is 13.2. The molecule has 0 fully saturated rings. The Morgan fingerprint density at radius 1 is 1.22 bits per heavy atom. The lowest BCUT2D eigenvalue weighted by Gasteiger charge is -2.07. The first kappa shape index (κ1) is 23.9. The molecule has 0 aliphatic heterocycles. The highest BCUT2D eigenvalue weighted by Gasteiger charge is 2.24. The van der Waals surface area contributed by atoms with Crippen molar-refractivity contribution in [2.24, 2.45) is 0 Å². The molecule has 0 atom stereocenters. The Bertz CT molecular complexity index is 1580. The third-order valence-electron chi connectivity index (χ3n) is 6.17. The van der Waals surface area contributed by atoms with E-state index in [1.165, 1.54) is 22.2 Å². The highest BCUT2D eigenvalue weighted by atomic mass is 32.1. The Hall–Kier alpha value is -3.81. The van der Waals surface area contributed by atoms with Crippen molar-refractivity contribution in [3.05, 3.63) is 79.0 Å². The van der Waals surface area contributed by atoms with Crippen LogP contribution in [0.5, 0.6) is 0 Å². The Kier molecular flexibility index (Phi) is 6.67. The van der Waals surface area contributed by atoms with E-state index in [0.29, 0.717) is 37.6 Å². The Morgan fingerprint density at radius 2 is 2.03 bits per heavy atom. The number of amides is 1. The van der Waals surface area contributed by atoms with Crippen molar-refractivity contribution in [3.8, 4) is 6.07 Å². The number of fused-ring (bicyclic) bond motifs is 2. The minimum Gasteiger partial charge on any atom is -0.461 e. The summed E-state index contributed by atoms with van der Waals surface area (Å²) in [5, 5.41) is 13.2. The summed E-state index contributed by atoms with van der Waals surface area (Å²) in [6.45, 7) is 1.67. The molecule has 0 spiro atoms. The molecule has 0 unspecified atom stereocenters. The van der Waals surface area contributed by atoms with Crippen LogP contribution in [0.15, 0.2) is 41.5 Å². The summed E-state index contributed by atoms with van der Waals surface area (Å²) >= 11 is 2.53. The molecule has 1 aliphatic rings. The minimum absolute atomic E-state index is 0.227. The zero-order chi connectivity index (χ0) is 25.2. The van der Waals surface area contributed by atoms with Crippen molar-refractivity contribution in [1.29, 1.82) is 5.26 Å². The van der Waals surface area contributed by atoms with Crippen molar-refractivity contribution in [3.63, 3.8) is 0 Å². The molecule has 1 aromatic carbocycles. The fourth-order valence-corrected chi connectivity index (χ4v) is 6.66. The van der Waals surface area contributed by atoms with Gasteiger partial charge in [0.1, 0.15) is 27.3 Å². The van der Waals surface area contributed by atoms with E-state index < -0.39 is 17.4 Å². The van der Waals surface area contributed by atoms with Gasteiger partial charge >= 0.3 is 5.97 Å². The quantitative estimate of drug-likeness (QED) is 0.366. The van der Waals surface area contributed by atoms with Gasteiger partial charge in [0.2, 0.25) is 5.91 Å².